The van der Waals surface area contributed by atoms with Crippen molar-refractivity contribution in [2.45, 2.75) is 58.5 Å². The number of unbranched alkanes of at least 4 members (excludes halogenated alkanes) is 1. The Kier molecular flexibility index (Phi) is 26.7. The van der Waals surface area contributed by atoms with Crippen molar-refractivity contribution in [3.05, 3.63) is 51.6 Å². The minimum Gasteiger partial charge on any atom is -0.400 e. The number of nitrogens with two attached hydrogens (primary N) is 1. The molecule has 0 unspecified atom stereocenters. The molecule has 0 spiro atoms. The highest BCUT2D eigenvalue weighted by Crippen LogP contribution is 2.22. The third-order valence-corrected chi connectivity index (χ3v) is 8.12. The van der Waals surface area contributed by atoms with Gasteiger partial charge in [-0.25, -0.2) is 15.7 Å². The van der Waals surface area contributed by atoms with Crippen molar-refractivity contribution in [1.29, 1.82) is 0 Å². The summed E-state index contributed by atoms with van der Waals surface area (Å²) < 4.78 is 17.4. The molecule has 1 saturated heterocycles. The molecule has 16 nitrogen and oxygen atoms in total. The Morgan fingerprint density at radius 2 is 1.69 bits per heavy atom. The molecule has 0 atom stereocenters. The number of rotatable bonds is 23. The van der Waals surface area contributed by atoms with Gasteiger partial charge >= 0.3 is 5.69 Å². The number of H-pyrrole nitrogens is 1. The van der Waals surface area contributed by atoms with E-state index in [9.17, 15) is 14.4 Å². The summed E-state index contributed by atoms with van der Waals surface area (Å²) in [6.07, 6.45) is 6.32. The zero-order valence-electron chi connectivity index (χ0n) is 31.6. The number of amidine groups is 1. The van der Waals surface area contributed by atoms with Gasteiger partial charge in [-0.15, -0.1) is 0 Å². The van der Waals surface area contributed by atoms with Crippen LogP contribution in [0.15, 0.2) is 39.0 Å². The van der Waals surface area contributed by atoms with Gasteiger partial charge in [0.25, 0.3) is 0 Å². The number of aromatic nitrogens is 2. The lowest BCUT2D eigenvalue weighted by molar-refractivity contribution is -0.119. The van der Waals surface area contributed by atoms with Gasteiger partial charge in [0.2, 0.25) is 5.91 Å². The fourth-order valence-corrected chi connectivity index (χ4v) is 5.33. The van der Waals surface area contributed by atoms with Crippen LogP contribution in [-0.2, 0) is 41.7 Å². The molecule has 3 rings (SSSR count). The Bertz CT molecular complexity index is 1320. The number of nitrogens with zero attached hydrogens (tertiary/aromatic N) is 4. The molecule has 0 bridgehead atoms. The van der Waals surface area contributed by atoms with Gasteiger partial charge in [0.1, 0.15) is 24.4 Å². The van der Waals surface area contributed by atoms with E-state index < -0.39 is 5.91 Å². The minimum atomic E-state index is -0.413. The number of aromatic amines is 1. The van der Waals surface area contributed by atoms with E-state index in [-0.39, 0.29) is 31.2 Å². The molecule has 1 fully saturated rings. The maximum Gasteiger partial charge on any atom is 0.328 e. The van der Waals surface area contributed by atoms with Crippen LogP contribution in [0.4, 0.5) is 5.82 Å². The first-order valence-electron chi connectivity index (χ1n) is 17.8. The lowest BCUT2D eigenvalue weighted by atomic mass is 9.93. The van der Waals surface area contributed by atoms with Gasteiger partial charge in [-0.2, -0.15) is 4.99 Å². The Labute approximate surface area is 308 Å². The number of aliphatic hydroxyl groups excluding tert-OH is 1. The number of nitrogens with one attached hydrogen (secondary N) is 3. The zero-order valence-corrected chi connectivity index (χ0v) is 31.6. The number of ether oxygens (including phenoxy) is 3. The highest BCUT2D eigenvalue weighted by atomic mass is 16.6. The number of carbonyl (C=O) groups is 2. The lowest BCUT2D eigenvalue weighted by Gasteiger charge is -2.32. The molecular formula is C36H62N8O8. The van der Waals surface area contributed by atoms with E-state index in [1.165, 1.54) is 24.8 Å². The molecule has 1 aliphatic heterocycles. The second-order valence-electron chi connectivity index (χ2n) is 11.9. The molecule has 1 aliphatic rings. The number of aliphatic hydroxyl groups is 1. The molecule has 1 aromatic carbocycles. The summed E-state index contributed by atoms with van der Waals surface area (Å²) >= 11 is 0. The minimum absolute atomic E-state index is 0.0139. The fourth-order valence-electron chi connectivity index (χ4n) is 5.33. The molecule has 2 aromatic rings. The monoisotopic (exact) mass is 734 g/mol. The number of benzene rings is 1. The third kappa shape index (κ3) is 18.8. The van der Waals surface area contributed by atoms with E-state index in [1.807, 2.05) is 7.05 Å². The number of aldehydes is 1. The Hall–Kier alpha value is -3.61. The molecular weight excluding hydrogens is 672 g/mol. The van der Waals surface area contributed by atoms with Crippen LogP contribution in [0.25, 0.3) is 0 Å². The highest BCUT2D eigenvalue weighted by Gasteiger charge is 2.21. The summed E-state index contributed by atoms with van der Waals surface area (Å²) in [6.45, 7) is 13.0. The number of piperidine rings is 1. The van der Waals surface area contributed by atoms with Crippen molar-refractivity contribution in [1.82, 2.24) is 19.8 Å². The maximum absolute atomic E-state index is 13.2. The van der Waals surface area contributed by atoms with Gasteiger partial charge in [0.05, 0.1) is 46.0 Å². The number of amides is 1. The van der Waals surface area contributed by atoms with Crippen LogP contribution in [0.1, 0.15) is 62.3 Å². The number of methoxy groups -OCH3 is 1. The molecule has 1 amide bonds. The largest absolute Gasteiger partial charge is 0.400 e. The van der Waals surface area contributed by atoms with Crippen LogP contribution in [0.3, 0.4) is 0 Å². The smallest absolute Gasteiger partial charge is 0.328 e. The van der Waals surface area contributed by atoms with Crippen LogP contribution in [0.2, 0.25) is 0 Å². The summed E-state index contributed by atoms with van der Waals surface area (Å²) in [6, 6.07) is 8.46. The van der Waals surface area contributed by atoms with Crippen molar-refractivity contribution in [3.8, 4) is 0 Å². The van der Waals surface area contributed by atoms with Gasteiger partial charge in [-0.1, -0.05) is 37.6 Å². The molecule has 1 aromatic heterocycles. The topological polar surface area (TPSA) is 207 Å². The highest BCUT2D eigenvalue weighted by molar-refractivity contribution is 6.08. The van der Waals surface area contributed by atoms with Crippen LogP contribution in [-0.4, -0.2) is 131 Å². The molecule has 0 aliphatic carbocycles. The average molecular weight is 735 g/mol. The van der Waals surface area contributed by atoms with Gasteiger partial charge < -0.3 is 39.7 Å². The molecule has 0 saturated carbocycles. The van der Waals surface area contributed by atoms with Crippen molar-refractivity contribution < 1.29 is 33.7 Å². The van der Waals surface area contributed by atoms with E-state index in [1.54, 1.807) is 11.7 Å². The quantitative estimate of drug-likeness (QED) is 0.0365. The second kappa shape index (κ2) is 29.9. The first kappa shape index (κ1) is 46.4. The van der Waals surface area contributed by atoms with Crippen molar-refractivity contribution >= 4 is 30.6 Å². The third-order valence-electron chi connectivity index (χ3n) is 8.12. The van der Waals surface area contributed by atoms with Gasteiger partial charge in [-0.3, -0.25) is 19.1 Å². The van der Waals surface area contributed by atoms with Crippen molar-refractivity contribution in [2.75, 3.05) is 92.4 Å². The van der Waals surface area contributed by atoms with Crippen LogP contribution < -0.4 is 22.2 Å². The van der Waals surface area contributed by atoms with Gasteiger partial charge in [-0.05, 0) is 76.1 Å². The molecule has 0 radical (unpaired) electrons. The average Bonchev–Trinajstić information content (AvgIpc) is 3.47. The number of aliphatic imine (C=N–C) groups is 2. The SMILES string of the molecule is C=NC(=NC(=O)CCOCCOCCOC)c1[nH]c(=O)n(Cc2ccc(CN3CCC(CCNC)CC3)cc2)c1NCCCC.CO.NOCC=O. The van der Waals surface area contributed by atoms with E-state index >= 15 is 0 Å². The van der Waals surface area contributed by atoms with Gasteiger partial charge in [0.15, 0.2) is 5.84 Å². The number of hydrogen-bond donors (Lipinski definition) is 5. The van der Waals surface area contributed by atoms with Crippen LogP contribution >= 0.6 is 0 Å². The summed E-state index contributed by atoms with van der Waals surface area (Å²) in [5.41, 5.74) is 2.30. The normalized spacial score (nSPS) is 13.5. The Balaban J connectivity index is 0.00000177. The number of hydrogen-bond acceptors (Lipinski definition) is 12. The number of imidazole rings is 1. The second-order valence-corrected chi connectivity index (χ2v) is 11.9. The maximum atomic E-state index is 13.2. The molecule has 16 heteroatoms. The van der Waals surface area contributed by atoms with Crippen LogP contribution in [0, 0.1) is 5.92 Å². The van der Waals surface area contributed by atoms with Crippen LogP contribution in [0.5, 0.6) is 0 Å². The van der Waals surface area contributed by atoms with E-state index in [0.717, 1.165) is 57.6 Å². The molecule has 6 N–H and O–H groups in total. The predicted molar refractivity (Wildman–Crippen MR) is 204 cm³/mol. The Morgan fingerprint density at radius 3 is 2.25 bits per heavy atom. The fraction of sp³-hybridized carbons (Fsp3) is 0.639. The van der Waals surface area contributed by atoms with Crippen molar-refractivity contribution in [2.24, 2.45) is 21.8 Å². The molecule has 2 heterocycles. The molecule has 52 heavy (non-hydrogen) atoms. The van der Waals surface area contributed by atoms with E-state index in [0.29, 0.717) is 57.3 Å². The Morgan fingerprint density at radius 1 is 1.06 bits per heavy atom. The lowest BCUT2D eigenvalue weighted by Crippen LogP contribution is -2.34. The predicted octanol–water partition coefficient (Wildman–Crippen LogP) is 1.99. The number of carbonyl (C=O) groups excluding carboxylic acids is 2. The van der Waals surface area contributed by atoms with Crippen molar-refractivity contribution in [3.63, 3.8) is 0 Å². The van der Waals surface area contributed by atoms with E-state index in [2.05, 4.69) is 79.1 Å². The molecule has 294 valence electrons. The first-order chi connectivity index (χ1) is 25.4. The first-order valence-corrected chi connectivity index (χ1v) is 17.8. The number of anilines is 1. The number of likely N-dealkylation sites (tertiary alicyclic amines) is 1. The van der Waals surface area contributed by atoms with Gasteiger partial charge in [0, 0.05) is 27.3 Å². The summed E-state index contributed by atoms with van der Waals surface area (Å²) in [5, 5.41) is 13.6. The summed E-state index contributed by atoms with van der Waals surface area (Å²) in [7, 11) is 4.63. The van der Waals surface area contributed by atoms with E-state index in [4.69, 9.17) is 19.3 Å². The summed E-state index contributed by atoms with van der Waals surface area (Å²) in [4.78, 5) is 52.4. The standard InChI is InChI=1S/C33H53N7O5.C2H5NO2.CH4O/c1-5-6-15-36-32-30(31(35-3)37-29(41)14-19-44-22-23-45-21-20-43-4)38-33(42)40(32)25-28-9-7-27(8-10-28)24-39-17-12-26(13-18-39)11-16-34-2;3-5-2-1-4;1-2/h7-10,26,34,36H,3,5-6,11-25H2,1-2,4H3,(H,38,42);1H,2-3H2;2H,1H3. The summed E-state index contributed by atoms with van der Waals surface area (Å²) in [5.74, 6) is 5.43. The zero-order chi connectivity index (χ0) is 38.4.